The van der Waals surface area contributed by atoms with Crippen LogP contribution in [0.4, 0.5) is 0 Å². The molecule has 0 aliphatic carbocycles. The van der Waals surface area contributed by atoms with Gasteiger partial charge in [-0.3, -0.25) is 4.79 Å². The highest BCUT2D eigenvalue weighted by atomic mass is 16.2. The van der Waals surface area contributed by atoms with Gasteiger partial charge in [-0.1, -0.05) is 13.8 Å². The van der Waals surface area contributed by atoms with Gasteiger partial charge in [0.2, 0.25) is 5.91 Å². The molecule has 1 heterocycles. The lowest BCUT2D eigenvalue weighted by Gasteiger charge is -2.24. The molecule has 0 atom stereocenters. The molecule has 0 spiro atoms. The largest absolute Gasteiger partial charge is 0.350 e. The second kappa shape index (κ2) is 6.54. The maximum Gasteiger partial charge on any atom is 0.240 e. The summed E-state index contributed by atoms with van der Waals surface area (Å²) in [7, 11) is 0. The molecule has 1 aromatic heterocycles. The van der Waals surface area contributed by atoms with Gasteiger partial charge in [-0.25, -0.2) is 4.98 Å². The Kier molecular flexibility index (Phi) is 5.34. The van der Waals surface area contributed by atoms with Gasteiger partial charge in [0.15, 0.2) is 0 Å². The van der Waals surface area contributed by atoms with Gasteiger partial charge in [0.05, 0.1) is 6.54 Å². The van der Waals surface area contributed by atoms with Crippen molar-refractivity contribution in [3.63, 3.8) is 0 Å². The van der Waals surface area contributed by atoms with Gasteiger partial charge in [0.1, 0.15) is 12.4 Å². The van der Waals surface area contributed by atoms with E-state index in [2.05, 4.69) is 22.5 Å². The lowest BCUT2D eigenvalue weighted by Crippen LogP contribution is -2.44. The van der Waals surface area contributed by atoms with Crippen LogP contribution in [0.2, 0.25) is 0 Å². The molecule has 0 aliphatic heterocycles. The van der Waals surface area contributed by atoms with Crippen molar-refractivity contribution in [2.24, 2.45) is 0 Å². The highest BCUT2D eigenvalue weighted by Gasteiger charge is 2.18. The quantitative estimate of drug-likeness (QED) is 0.769. The molecule has 0 fully saturated rings. The van der Waals surface area contributed by atoms with Crippen molar-refractivity contribution in [3.8, 4) is 0 Å². The highest BCUT2D eigenvalue weighted by molar-refractivity contribution is 5.76. The van der Waals surface area contributed by atoms with E-state index in [0.29, 0.717) is 13.1 Å². The summed E-state index contributed by atoms with van der Waals surface area (Å²) in [5.41, 5.74) is -0.153. The maximum atomic E-state index is 11.9. The summed E-state index contributed by atoms with van der Waals surface area (Å²) >= 11 is 0. The molecule has 0 aromatic carbocycles. The lowest BCUT2D eigenvalue weighted by molar-refractivity contribution is -0.123. The Balaban J connectivity index is 2.56. The molecular formula is C13H24N4O. The second-order valence-corrected chi connectivity index (χ2v) is 5.04. The van der Waals surface area contributed by atoms with E-state index in [-0.39, 0.29) is 11.4 Å². The summed E-state index contributed by atoms with van der Waals surface area (Å²) in [6.45, 7) is 10.1. The number of carbonyl (C=O) groups excluding carboxylic acids is 1. The molecule has 0 bridgehead atoms. The van der Waals surface area contributed by atoms with Crippen LogP contribution < -0.4 is 10.6 Å². The zero-order valence-corrected chi connectivity index (χ0v) is 11.8. The van der Waals surface area contributed by atoms with Crippen LogP contribution in [0.25, 0.3) is 0 Å². The molecule has 1 rings (SSSR count). The molecule has 0 radical (unpaired) electrons. The first-order chi connectivity index (χ1) is 8.48. The molecule has 5 heteroatoms. The molecule has 102 valence electrons. The third kappa shape index (κ3) is 4.49. The van der Waals surface area contributed by atoms with E-state index in [9.17, 15) is 4.79 Å². The third-order valence-electron chi connectivity index (χ3n) is 3.01. The highest BCUT2D eigenvalue weighted by Crippen LogP contribution is 2.07. The van der Waals surface area contributed by atoms with Gasteiger partial charge in [-0.05, 0) is 26.8 Å². The molecule has 0 unspecified atom stereocenters. The fourth-order valence-corrected chi connectivity index (χ4v) is 1.55. The minimum absolute atomic E-state index is 0.0256. The number of nitrogens with zero attached hydrogens (tertiary/aromatic N) is 2. The average Bonchev–Trinajstić information content (AvgIpc) is 2.73. The topological polar surface area (TPSA) is 59.0 Å². The first kappa shape index (κ1) is 14.7. The second-order valence-electron chi connectivity index (χ2n) is 5.04. The van der Waals surface area contributed by atoms with E-state index < -0.39 is 0 Å². The first-order valence-corrected chi connectivity index (χ1v) is 6.50. The zero-order valence-electron chi connectivity index (χ0n) is 11.8. The molecule has 1 aromatic rings. The predicted octanol–water partition coefficient (Wildman–Crippen LogP) is 1.30. The Labute approximate surface area is 109 Å². The maximum absolute atomic E-state index is 11.9. The van der Waals surface area contributed by atoms with Crippen LogP contribution in [0.15, 0.2) is 12.4 Å². The molecule has 1 amide bonds. The van der Waals surface area contributed by atoms with E-state index >= 15 is 0 Å². The molecule has 2 N–H and O–H groups in total. The number of amides is 1. The summed E-state index contributed by atoms with van der Waals surface area (Å²) in [6.07, 6.45) is 4.48. The fraction of sp³-hybridized carbons (Fsp3) is 0.692. The number of rotatable bonds is 7. The zero-order chi connectivity index (χ0) is 13.6. The van der Waals surface area contributed by atoms with Gasteiger partial charge in [0, 0.05) is 17.9 Å². The Bertz CT molecular complexity index is 384. The van der Waals surface area contributed by atoms with Crippen molar-refractivity contribution in [1.82, 2.24) is 20.2 Å². The summed E-state index contributed by atoms with van der Waals surface area (Å²) in [5.74, 6) is 0.916. The Morgan fingerprint density at radius 3 is 2.78 bits per heavy atom. The summed E-state index contributed by atoms with van der Waals surface area (Å²) in [5, 5.41) is 6.23. The third-order valence-corrected chi connectivity index (χ3v) is 3.01. The number of imidazole rings is 1. The predicted molar refractivity (Wildman–Crippen MR) is 72.1 cm³/mol. The van der Waals surface area contributed by atoms with Crippen LogP contribution >= 0.6 is 0 Å². The van der Waals surface area contributed by atoms with Crippen molar-refractivity contribution in [1.29, 1.82) is 0 Å². The summed E-state index contributed by atoms with van der Waals surface area (Å²) < 4.78 is 1.88. The monoisotopic (exact) mass is 252 g/mol. The van der Waals surface area contributed by atoms with Crippen LogP contribution in [0.3, 0.4) is 0 Å². The average molecular weight is 252 g/mol. The Hall–Kier alpha value is -1.36. The molecule has 0 aliphatic rings. The van der Waals surface area contributed by atoms with Gasteiger partial charge in [-0.2, -0.15) is 0 Å². The molecule has 0 saturated carbocycles. The minimum atomic E-state index is -0.153. The first-order valence-electron chi connectivity index (χ1n) is 6.50. The molecule has 5 nitrogen and oxygen atoms in total. The fourth-order valence-electron chi connectivity index (χ4n) is 1.55. The van der Waals surface area contributed by atoms with Crippen LogP contribution in [0.5, 0.6) is 0 Å². The van der Waals surface area contributed by atoms with Crippen LogP contribution in [0, 0.1) is 0 Å². The van der Waals surface area contributed by atoms with Crippen molar-refractivity contribution in [3.05, 3.63) is 18.2 Å². The van der Waals surface area contributed by atoms with Crippen molar-refractivity contribution < 1.29 is 4.79 Å². The SMILES string of the molecule is CCNCc1nccn1CC(=O)NC(C)(C)CC. The standard InChI is InChI=1S/C13H24N4O/c1-5-13(3,4)16-12(18)10-17-8-7-15-11(17)9-14-6-2/h7-8,14H,5-6,9-10H2,1-4H3,(H,16,18). The normalized spacial score (nSPS) is 11.6. The number of aromatic nitrogens is 2. The number of carbonyl (C=O) groups is 1. The van der Waals surface area contributed by atoms with Gasteiger partial charge in [0.25, 0.3) is 0 Å². The Morgan fingerprint density at radius 2 is 2.17 bits per heavy atom. The smallest absolute Gasteiger partial charge is 0.240 e. The molecular weight excluding hydrogens is 228 g/mol. The van der Waals surface area contributed by atoms with Gasteiger partial charge in [-0.15, -0.1) is 0 Å². The number of hydrogen-bond acceptors (Lipinski definition) is 3. The van der Waals surface area contributed by atoms with Crippen molar-refractivity contribution in [2.45, 2.75) is 52.7 Å². The van der Waals surface area contributed by atoms with Crippen LogP contribution in [0.1, 0.15) is 39.9 Å². The van der Waals surface area contributed by atoms with Crippen molar-refractivity contribution in [2.75, 3.05) is 6.54 Å². The van der Waals surface area contributed by atoms with E-state index in [0.717, 1.165) is 18.8 Å². The van der Waals surface area contributed by atoms with E-state index in [1.807, 2.05) is 31.5 Å². The number of hydrogen-bond donors (Lipinski definition) is 2. The lowest BCUT2D eigenvalue weighted by atomic mass is 10.0. The van der Waals surface area contributed by atoms with Crippen LogP contribution in [-0.4, -0.2) is 27.5 Å². The van der Waals surface area contributed by atoms with E-state index in [1.54, 1.807) is 6.20 Å². The van der Waals surface area contributed by atoms with E-state index in [4.69, 9.17) is 0 Å². The summed E-state index contributed by atoms with van der Waals surface area (Å²) in [6, 6.07) is 0. The van der Waals surface area contributed by atoms with E-state index in [1.165, 1.54) is 0 Å². The van der Waals surface area contributed by atoms with Crippen LogP contribution in [-0.2, 0) is 17.9 Å². The van der Waals surface area contributed by atoms with Crippen molar-refractivity contribution >= 4 is 5.91 Å². The van der Waals surface area contributed by atoms with Gasteiger partial charge < -0.3 is 15.2 Å². The number of nitrogens with one attached hydrogen (secondary N) is 2. The molecule has 18 heavy (non-hydrogen) atoms. The summed E-state index contributed by atoms with van der Waals surface area (Å²) in [4.78, 5) is 16.2. The molecule has 0 saturated heterocycles. The minimum Gasteiger partial charge on any atom is -0.350 e. The van der Waals surface area contributed by atoms with Gasteiger partial charge >= 0.3 is 0 Å². The Morgan fingerprint density at radius 1 is 1.44 bits per heavy atom.